The van der Waals surface area contributed by atoms with Gasteiger partial charge in [0.1, 0.15) is 11.6 Å². The molecule has 9 rings (SSSR count). The lowest BCUT2D eigenvalue weighted by Crippen LogP contribution is -2.15. The molecule has 0 aliphatic heterocycles. The Morgan fingerprint density at radius 1 is 0.472 bits per heavy atom. The number of rotatable bonds is 4. The maximum Gasteiger partial charge on any atom is 0.416 e. The first-order chi connectivity index (χ1) is 25.3. The van der Waals surface area contributed by atoms with Crippen molar-refractivity contribution in [3.8, 4) is 45.3 Å². The van der Waals surface area contributed by atoms with Gasteiger partial charge in [-0.15, -0.1) is 0 Å². The summed E-state index contributed by atoms with van der Waals surface area (Å²) in [5.74, 6) is 0.753. The largest absolute Gasteiger partial charge is 0.416 e. The highest BCUT2D eigenvalue weighted by Gasteiger charge is 2.38. The van der Waals surface area contributed by atoms with E-state index in [1.165, 1.54) is 12.1 Å². The molecule has 0 unspecified atom stereocenters. The Balaban J connectivity index is 1.28. The van der Waals surface area contributed by atoms with Crippen molar-refractivity contribution in [1.29, 1.82) is 0 Å². The second-order valence-corrected chi connectivity index (χ2v) is 13.8. The molecule has 0 saturated heterocycles. The van der Waals surface area contributed by atoms with Gasteiger partial charge in [-0.2, -0.15) is 26.3 Å². The Kier molecular flexibility index (Phi) is 7.05. The van der Waals surface area contributed by atoms with Crippen molar-refractivity contribution in [2.24, 2.45) is 0 Å². The second-order valence-electron chi connectivity index (χ2n) is 13.8. The molecule has 1 aliphatic carbocycles. The Bertz CT molecular complexity index is 2530. The maximum atomic E-state index is 13.8. The molecule has 4 nitrogen and oxygen atoms in total. The summed E-state index contributed by atoms with van der Waals surface area (Å²) in [6.45, 7) is 4.23. The molecule has 10 heteroatoms. The monoisotopic (exact) mass is 714 g/mol. The second kappa shape index (κ2) is 11.4. The lowest BCUT2D eigenvalue weighted by molar-refractivity contribution is -0.138. The molecule has 0 atom stereocenters. The maximum absolute atomic E-state index is 13.8. The summed E-state index contributed by atoms with van der Waals surface area (Å²) in [6.07, 6.45) is -9.04. The minimum absolute atomic E-state index is 0.329. The van der Waals surface area contributed by atoms with Crippen LogP contribution < -0.4 is 0 Å². The van der Waals surface area contributed by atoms with E-state index in [2.05, 4.69) is 26.0 Å². The minimum Gasteiger partial charge on any atom is -0.292 e. The van der Waals surface area contributed by atoms with Crippen LogP contribution in [0.4, 0.5) is 26.3 Å². The highest BCUT2D eigenvalue weighted by molar-refractivity contribution is 5.97. The molecular weight excluding hydrogens is 686 g/mol. The van der Waals surface area contributed by atoms with E-state index in [1.54, 1.807) is 12.1 Å². The fourth-order valence-corrected chi connectivity index (χ4v) is 7.61. The van der Waals surface area contributed by atoms with Gasteiger partial charge in [0.2, 0.25) is 0 Å². The van der Waals surface area contributed by atoms with Crippen LogP contribution in [0.3, 0.4) is 0 Å². The van der Waals surface area contributed by atoms with Crippen molar-refractivity contribution in [3.05, 3.63) is 156 Å². The average Bonchev–Trinajstić information content (AvgIpc) is 3.78. The van der Waals surface area contributed by atoms with Crippen LogP contribution in [0.2, 0.25) is 0 Å². The van der Waals surface area contributed by atoms with E-state index < -0.39 is 28.9 Å². The molecule has 262 valence electrons. The molecule has 0 saturated carbocycles. The predicted octanol–water partition coefficient (Wildman–Crippen LogP) is 12.0. The van der Waals surface area contributed by atoms with E-state index in [0.29, 0.717) is 33.8 Å². The van der Waals surface area contributed by atoms with Gasteiger partial charge in [0.15, 0.2) is 0 Å². The summed E-state index contributed by atoms with van der Waals surface area (Å²) in [5.41, 5.74) is 6.60. The van der Waals surface area contributed by atoms with E-state index in [4.69, 9.17) is 9.97 Å². The fourth-order valence-electron chi connectivity index (χ4n) is 7.61. The van der Waals surface area contributed by atoms with Gasteiger partial charge in [-0.1, -0.05) is 74.5 Å². The molecule has 0 fully saturated rings. The zero-order valence-corrected chi connectivity index (χ0v) is 28.3. The number of benzene rings is 6. The first-order valence-corrected chi connectivity index (χ1v) is 16.9. The average molecular weight is 715 g/mol. The van der Waals surface area contributed by atoms with Gasteiger partial charge in [0.05, 0.1) is 33.2 Å². The first kappa shape index (κ1) is 32.7. The number of fused-ring (bicyclic) bond motifs is 5. The smallest absolute Gasteiger partial charge is 0.292 e. The molecule has 0 amide bonds. The quantitative estimate of drug-likeness (QED) is 0.170. The van der Waals surface area contributed by atoms with E-state index in [9.17, 15) is 26.3 Å². The third kappa shape index (κ3) is 5.23. The predicted molar refractivity (Wildman–Crippen MR) is 194 cm³/mol. The molecule has 0 bridgehead atoms. The van der Waals surface area contributed by atoms with Gasteiger partial charge >= 0.3 is 12.4 Å². The SMILES string of the molecule is CC1(C)c2cc3c(cc2-c2cc4nc(-c5cccc(C(F)(F)F)c5)n(-c5ccccc5)c4cc21)nc(-c1cccc(C(F)(F)F)c1)n3-c1ccccc1. The summed E-state index contributed by atoms with van der Waals surface area (Å²) >= 11 is 0. The Morgan fingerprint density at radius 3 is 1.25 bits per heavy atom. The van der Waals surface area contributed by atoms with E-state index in [-0.39, 0.29) is 0 Å². The van der Waals surface area contributed by atoms with Crippen LogP contribution in [0.25, 0.3) is 67.3 Å². The Morgan fingerprint density at radius 2 is 0.868 bits per heavy atom. The van der Waals surface area contributed by atoms with Crippen molar-refractivity contribution in [3.63, 3.8) is 0 Å². The Labute approximate surface area is 299 Å². The number of hydrogen-bond donors (Lipinski definition) is 0. The summed E-state index contributed by atoms with van der Waals surface area (Å²) < 4.78 is 86.7. The van der Waals surface area contributed by atoms with Crippen molar-refractivity contribution in [1.82, 2.24) is 19.1 Å². The van der Waals surface area contributed by atoms with Gasteiger partial charge < -0.3 is 0 Å². The van der Waals surface area contributed by atoms with Crippen molar-refractivity contribution in [2.75, 3.05) is 0 Å². The normalized spacial score (nSPS) is 13.8. The van der Waals surface area contributed by atoms with Crippen LogP contribution in [-0.4, -0.2) is 19.1 Å². The van der Waals surface area contributed by atoms with E-state index in [0.717, 1.165) is 68.9 Å². The number of alkyl halides is 6. The molecule has 2 heterocycles. The molecular formula is C43H28F6N4. The van der Waals surface area contributed by atoms with E-state index in [1.807, 2.05) is 81.9 Å². The molecule has 1 aliphatic rings. The number of aromatic nitrogens is 4. The van der Waals surface area contributed by atoms with Crippen LogP contribution in [0.1, 0.15) is 36.1 Å². The lowest BCUT2D eigenvalue weighted by Gasteiger charge is -2.22. The highest BCUT2D eigenvalue weighted by Crippen LogP contribution is 2.52. The first-order valence-electron chi connectivity index (χ1n) is 16.9. The topological polar surface area (TPSA) is 35.6 Å². The zero-order valence-electron chi connectivity index (χ0n) is 28.3. The van der Waals surface area contributed by atoms with Gasteiger partial charge in [0.25, 0.3) is 0 Å². The molecule has 2 aromatic heterocycles. The Hall–Kier alpha value is -6.16. The van der Waals surface area contributed by atoms with Crippen molar-refractivity contribution in [2.45, 2.75) is 31.6 Å². The molecule has 0 radical (unpaired) electrons. The molecule has 53 heavy (non-hydrogen) atoms. The summed E-state index contributed by atoms with van der Waals surface area (Å²) in [5, 5.41) is 0. The molecule has 0 spiro atoms. The fraction of sp³-hybridized carbons (Fsp3) is 0.116. The summed E-state index contributed by atoms with van der Waals surface area (Å²) in [4.78, 5) is 9.91. The summed E-state index contributed by atoms with van der Waals surface area (Å²) in [7, 11) is 0. The van der Waals surface area contributed by atoms with Gasteiger partial charge in [-0.25, -0.2) is 9.97 Å². The third-order valence-electron chi connectivity index (χ3n) is 10.1. The van der Waals surface area contributed by atoms with Crippen molar-refractivity contribution >= 4 is 22.1 Å². The number of hydrogen-bond acceptors (Lipinski definition) is 2. The van der Waals surface area contributed by atoms with Crippen molar-refractivity contribution < 1.29 is 26.3 Å². The minimum atomic E-state index is -4.52. The van der Waals surface area contributed by atoms with Crippen LogP contribution in [0.15, 0.2) is 133 Å². The number of imidazole rings is 2. The van der Waals surface area contributed by atoms with Gasteiger partial charge in [-0.3, -0.25) is 9.13 Å². The van der Waals surface area contributed by atoms with Crippen LogP contribution >= 0.6 is 0 Å². The standard InChI is InChI=1S/C43H28F6N4/c1-41(2)33-23-37-35(50-39(52(37)29-15-5-3-6-16-29)25-11-9-13-27(19-25)42(44,45)46)21-31(33)32-22-36-38(24-34(32)41)53(30-17-7-4-8-18-30)40(51-36)26-12-10-14-28(20-26)43(47,48)49/h3-24H,1-2H3. The van der Waals surface area contributed by atoms with Crippen LogP contribution in [0, 0.1) is 0 Å². The van der Waals surface area contributed by atoms with Gasteiger partial charge in [0, 0.05) is 27.9 Å². The highest BCUT2D eigenvalue weighted by atomic mass is 19.4. The summed E-state index contributed by atoms with van der Waals surface area (Å²) in [6, 6.07) is 37.3. The number of para-hydroxylation sites is 2. The zero-order chi connectivity index (χ0) is 36.9. The third-order valence-corrected chi connectivity index (χ3v) is 10.1. The molecule has 6 aromatic carbocycles. The lowest BCUT2D eigenvalue weighted by atomic mass is 9.82. The number of halogens is 6. The van der Waals surface area contributed by atoms with Crippen LogP contribution in [0.5, 0.6) is 0 Å². The molecule has 0 N–H and O–H groups in total. The van der Waals surface area contributed by atoms with Gasteiger partial charge in [-0.05, 0) is 95.1 Å². The number of nitrogens with zero attached hydrogens (tertiary/aromatic N) is 4. The molecule has 8 aromatic rings. The van der Waals surface area contributed by atoms with E-state index >= 15 is 0 Å². The van der Waals surface area contributed by atoms with Crippen LogP contribution in [-0.2, 0) is 17.8 Å².